The van der Waals surface area contributed by atoms with Crippen LogP contribution in [0.5, 0.6) is 0 Å². The van der Waals surface area contributed by atoms with Gasteiger partial charge in [0.25, 0.3) is 0 Å². The summed E-state index contributed by atoms with van der Waals surface area (Å²) < 4.78 is 1.52. The third-order valence-corrected chi connectivity index (χ3v) is 3.82. The van der Waals surface area contributed by atoms with E-state index >= 15 is 0 Å². The Morgan fingerprint density at radius 3 is 2.58 bits per heavy atom. The SMILES string of the molecule is Cc1nc(-n2ccnn2)ccc1C(=O)C(=CN(C)C)C(=O)C1CC1. The summed E-state index contributed by atoms with van der Waals surface area (Å²) in [6, 6.07) is 3.38. The number of hydrogen-bond acceptors (Lipinski definition) is 6. The first-order valence-electron chi connectivity index (χ1n) is 7.79. The Balaban J connectivity index is 1.94. The van der Waals surface area contributed by atoms with Gasteiger partial charge < -0.3 is 4.90 Å². The van der Waals surface area contributed by atoms with Crippen LogP contribution in [0.25, 0.3) is 5.82 Å². The number of hydrogen-bond donors (Lipinski definition) is 0. The largest absolute Gasteiger partial charge is 0.383 e. The molecule has 0 atom stereocenters. The van der Waals surface area contributed by atoms with Gasteiger partial charge >= 0.3 is 0 Å². The van der Waals surface area contributed by atoms with Crippen molar-refractivity contribution in [1.82, 2.24) is 24.9 Å². The molecule has 3 rings (SSSR count). The number of rotatable bonds is 6. The van der Waals surface area contributed by atoms with Crippen LogP contribution in [0.4, 0.5) is 0 Å². The molecule has 124 valence electrons. The number of allylic oxidation sites excluding steroid dienone is 1. The van der Waals surface area contributed by atoms with Crippen molar-refractivity contribution in [2.45, 2.75) is 19.8 Å². The van der Waals surface area contributed by atoms with Gasteiger partial charge in [0.05, 0.1) is 23.7 Å². The van der Waals surface area contributed by atoms with Gasteiger partial charge in [-0.2, -0.15) is 0 Å². The van der Waals surface area contributed by atoms with Crippen LogP contribution < -0.4 is 0 Å². The molecule has 2 aromatic heterocycles. The van der Waals surface area contributed by atoms with E-state index in [2.05, 4.69) is 15.3 Å². The number of Topliss-reactive ketones (excluding diaryl/α,β-unsaturated/α-hetero) is 2. The quantitative estimate of drug-likeness (QED) is 0.347. The minimum Gasteiger partial charge on any atom is -0.383 e. The minimum atomic E-state index is -0.282. The fraction of sp³-hybridized carbons (Fsp3) is 0.353. The summed E-state index contributed by atoms with van der Waals surface area (Å²) in [6.07, 6.45) is 6.56. The summed E-state index contributed by atoms with van der Waals surface area (Å²) in [5.41, 5.74) is 1.21. The Morgan fingerprint density at radius 1 is 1.29 bits per heavy atom. The lowest BCUT2D eigenvalue weighted by Crippen LogP contribution is -2.19. The fourth-order valence-electron chi connectivity index (χ4n) is 2.45. The first-order chi connectivity index (χ1) is 11.5. The van der Waals surface area contributed by atoms with E-state index in [1.54, 1.807) is 56.6 Å². The van der Waals surface area contributed by atoms with Crippen molar-refractivity contribution in [3.05, 3.63) is 47.6 Å². The van der Waals surface area contributed by atoms with Crippen molar-refractivity contribution in [2.75, 3.05) is 14.1 Å². The lowest BCUT2D eigenvalue weighted by Gasteiger charge is -2.12. The zero-order valence-corrected chi connectivity index (χ0v) is 13.9. The van der Waals surface area contributed by atoms with Gasteiger partial charge in [-0.25, -0.2) is 9.67 Å². The molecule has 0 amide bonds. The first-order valence-corrected chi connectivity index (χ1v) is 7.79. The fourth-order valence-corrected chi connectivity index (χ4v) is 2.45. The van der Waals surface area contributed by atoms with Crippen LogP contribution in [-0.2, 0) is 4.79 Å². The average Bonchev–Trinajstić information content (AvgIpc) is 3.25. The van der Waals surface area contributed by atoms with Crippen molar-refractivity contribution >= 4 is 11.6 Å². The number of pyridine rings is 1. The van der Waals surface area contributed by atoms with Gasteiger partial charge in [0.1, 0.15) is 0 Å². The average molecular weight is 325 g/mol. The molecule has 24 heavy (non-hydrogen) atoms. The number of aromatic nitrogens is 4. The van der Waals surface area contributed by atoms with Crippen LogP contribution in [0, 0.1) is 12.8 Å². The standard InChI is InChI=1S/C17H19N5O2/c1-11-13(6-7-15(19-11)22-9-8-18-20-22)17(24)14(10-21(2)3)16(23)12-4-5-12/h6-10,12H,4-5H2,1-3H3. The molecule has 1 fully saturated rings. The van der Waals surface area contributed by atoms with E-state index in [0.717, 1.165) is 12.8 Å². The summed E-state index contributed by atoms with van der Waals surface area (Å²) in [4.78, 5) is 31.5. The molecule has 7 nitrogen and oxygen atoms in total. The van der Waals surface area contributed by atoms with Crippen LogP contribution >= 0.6 is 0 Å². The highest BCUT2D eigenvalue weighted by atomic mass is 16.1. The van der Waals surface area contributed by atoms with Crippen LogP contribution in [0.2, 0.25) is 0 Å². The monoisotopic (exact) mass is 325 g/mol. The molecule has 0 N–H and O–H groups in total. The number of ketones is 2. The molecule has 0 unspecified atom stereocenters. The Bertz CT molecular complexity index is 804. The predicted octanol–water partition coefficient (Wildman–Crippen LogP) is 1.58. The molecule has 0 radical (unpaired) electrons. The van der Waals surface area contributed by atoms with E-state index in [1.807, 2.05) is 0 Å². The van der Waals surface area contributed by atoms with Crippen molar-refractivity contribution < 1.29 is 9.59 Å². The van der Waals surface area contributed by atoms with Crippen molar-refractivity contribution in [2.24, 2.45) is 5.92 Å². The van der Waals surface area contributed by atoms with Gasteiger partial charge in [-0.05, 0) is 31.9 Å². The van der Waals surface area contributed by atoms with Gasteiger partial charge in [0, 0.05) is 31.8 Å². The van der Waals surface area contributed by atoms with E-state index in [-0.39, 0.29) is 23.1 Å². The minimum absolute atomic E-state index is 0.0113. The summed E-state index contributed by atoms with van der Waals surface area (Å²) in [5, 5.41) is 7.63. The molecule has 2 aromatic rings. The van der Waals surface area contributed by atoms with E-state index in [4.69, 9.17) is 0 Å². The molecule has 0 aliphatic heterocycles. The van der Waals surface area contributed by atoms with Gasteiger partial charge in [-0.1, -0.05) is 5.21 Å². The Labute approximate surface area is 140 Å². The Kier molecular flexibility index (Phi) is 4.24. The molecule has 0 saturated heterocycles. The third-order valence-electron chi connectivity index (χ3n) is 3.82. The van der Waals surface area contributed by atoms with Gasteiger partial charge in [-0.3, -0.25) is 9.59 Å². The van der Waals surface area contributed by atoms with E-state index in [1.165, 1.54) is 4.68 Å². The predicted molar refractivity (Wildman–Crippen MR) is 87.7 cm³/mol. The van der Waals surface area contributed by atoms with Crippen LogP contribution in [-0.4, -0.2) is 50.5 Å². The number of carbonyl (C=O) groups excluding carboxylic acids is 2. The number of nitrogens with zero attached hydrogens (tertiary/aromatic N) is 5. The first kappa shape index (κ1) is 16.0. The highest BCUT2D eigenvalue weighted by Crippen LogP contribution is 2.33. The normalized spacial score (nSPS) is 14.5. The van der Waals surface area contributed by atoms with Crippen LogP contribution in [0.3, 0.4) is 0 Å². The molecule has 1 saturated carbocycles. The highest BCUT2D eigenvalue weighted by molar-refractivity contribution is 6.27. The maximum Gasteiger partial charge on any atom is 0.199 e. The van der Waals surface area contributed by atoms with E-state index in [0.29, 0.717) is 17.1 Å². The number of aryl methyl sites for hydroxylation is 1. The summed E-state index contributed by atoms with van der Waals surface area (Å²) in [7, 11) is 3.60. The van der Waals surface area contributed by atoms with Gasteiger partial charge in [-0.15, -0.1) is 5.10 Å². The topological polar surface area (TPSA) is 81.0 Å². The number of carbonyl (C=O) groups is 2. The van der Waals surface area contributed by atoms with Crippen molar-refractivity contribution in [1.29, 1.82) is 0 Å². The zero-order valence-electron chi connectivity index (χ0n) is 13.9. The third kappa shape index (κ3) is 3.24. The lowest BCUT2D eigenvalue weighted by atomic mass is 9.97. The summed E-state index contributed by atoms with van der Waals surface area (Å²) in [5.74, 6) is 0.209. The maximum absolute atomic E-state index is 12.9. The van der Waals surface area contributed by atoms with Crippen LogP contribution in [0.1, 0.15) is 28.9 Å². The second-order valence-corrected chi connectivity index (χ2v) is 6.12. The van der Waals surface area contributed by atoms with Crippen molar-refractivity contribution in [3.63, 3.8) is 0 Å². The molecular formula is C17H19N5O2. The molecule has 0 spiro atoms. The molecule has 0 bridgehead atoms. The molecule has 0 aromatic carbocycles. The van der Waals surface area contributed by atoms with Gasteiger partial charge in [0.2, 0.25) is 0 Å². The molecule has 7 heteroatoms. The molecule has 1 aliphatic carbocycles. The second-order valence-electron chi connectivity index (χ2n) is 6.12. The van der Waals surface area contributed by atoms with E-state index < -0.39 is 0 Å². The smallest absolute Gasteiger partial charge is 0.199 e. The molecule has 1 aliphatic rings. The Morgan fingerprint density at radius 2 is 2.04 bits per heavy atom. The second kappa shape index (κ2) is 6.35. The Hall–Kier alpha value is -2.83. The molecule has 2 heterocycles. The summed E-state index contributed by atoms with van der Waals surface area (Å²) >= 11 is 0. The molecular weight excluding hydrogens is 306 g/mol. The maximum atomic E-state index is 12.9. The van der Waals surface area contributed by atoms with Crippen molar-refractivity contribution in [3.8, 4) is 5.82 Å². The van der Waals surface area contributed by atoms with E-state index in [9.17, 15) is 9.59 Å². The van der Waals surface area contributed by atoms with Crippen LogP contribution in [0.15, 0.2) is 36.3 Å². The summed E-state index contributed by atoms with van der Waals surface area (Å²) in [6.45, 7) is 1.75. The lowest BCUT2D eigenvalue weighted by molar-refractivity contribution is -0.116. The zero-order chi connectivity index (χ0) is 17.3. The van der Waals surface area contributed by atoms with Gasteiger partial charge in [0.15, 0.2) is 17.4 Å². The highest BCUT2D eigenvalue weighted by Gasteiger charge is 2.35.